The molecule has 1 aliphatic rings. The van der Waals surface area contributed by atoms with Crippen molar-refractivity contribution in [2.24, 2.45) is 0 Å². The van der Waals surface area contributed by atoms with Gasteiger partial charge in [-0.15, -0.1) is 0 Å². The van der Waals surface area contributed by atoms with E-state index in [1.165, 1.54) is 143 Å². The summed E-state index contributed by atoms with van der Waals surface area (Å²) in [6.45, 7) is 4.85. The van der Waals surface area contributed by atoms with Crippen LogP contribution >= 0.6 is 0 Å². The molecule has 0 heteroatoms. The van der Waals surface area contributed by atoms with Gasteiger partial charge in [0.15, 0.2) is 0 Å². The summed E-state index contributed by atoms with van der Waals surface area (Å²) < 4.78 is 0. The summed E-state index contributed by atoms with van der Waals surface area (Å²) in [7, 11) is 0. The maximum atomic E-state index is 2.51. The fourth-order valence-corrected chi connectivity index (χ4v) is 12.3. The molecule has 0 radical (unpaired) electrons. The monoisotopic (exact) mass is 874 g/mol. The van der Waals surface area contributed by atoms with Crippen molar-refractivity contribution >= 4 is 64.6 Å². The van der Waals surface area contributed by atoms with Gasteiger partial charge in [0.2, 0.25) is 0 Å². The standard InChI is InChI=1S/C69H46/c1-69(2)63-41-47(65-53-26-10-14-30-57(53)67(58-31-15-11-27-54(58)65)52-34-18-24-43-21-8-9-25-49(43)52)35-37-50(63)51-38-36-48(42-64(51)69)66-55-28-12-16-32-59(55)68(60-33-17-13-29-56(60)66)62-40-46-23-7-6-22-45(46)39-61(62)44-19-4-3-5-20-44/h3-42H,1-2H3. The van der Waals surface area contributed by atoms with Crippen LogP contribution in [0.5, 0.6) is 0 Å². The van der Waals surface area contributed by atoms with Crippen LogP contribution in [0.25, 0.3) is 131 Å². The van der Waals surface area contributed by atoms with Crippen LogP contribution in [-0.2, 0) is 5.41 Å². The van der Waals surface area contributed by atoms with Crippen LogP contribution in [0.4, 0.5) is 0 Å². The minimum atomic E-state index is -0.244. The van der Waals surface area contributed by atoms with E-state index in [-0.39, 0.29) is 5.41 Å². The van der Waals surface area contributed by atoms with E-state index in [0.29, 0.717) is 0 Å². The summed E-state index contributed by atoms with van der Waals surface area (Å²) in [6, 6.07) is 90.8. The minimum Gasteiger partial charge on any atom is -0.0622 e. The predicted molar refractivity (Wildman–Crippen MR) is 296 cm³/mol. The van der Waals surface area contributed by atoms with Gasteiger partial charge in [-0.1, -0.05) is 232 Å². The van der Waals surface area contributed by atoms with Crippen molar-refractivity contribution in [2.45, 2.75) is 19.3 Å². The molecule has 0 bridgehead atoms. The Bertz CT molecular complexity index is 4140. The van der Waals surface area contributed by atoms with Crippen molar-refractivity contribution in [3.63, 3.8) is 0 Å². The maximum Gasteiger partial charge on any atom is 0.0159 e. The highest BCUT2D eigenvalue weighted by Gasteiger charge is 2.36. The Morgan fingerprint density at radius 1 is 0.217 bits per heavy atom. The summed E-state index contributed by atoms with van der Waals surface area (Å²) >= 11 is 0. The Kier molecular flexibility index (Phi) is 8.73. The molecule has 69 heavy (non-hydrogen) atoms. The van der Waals surface area contributed by atoms with E-state index >= 15 is 0 Å². The third kappa shape index (κ3) is 5.95. The van der Waals surface area contributed by atoms with Crippen LogP contribution in [0.15, 0.2) is 243 Å². The van der Waals surface area contributed by atoms with E-state index in [0.717, 1.165) is 0 Å². The van der Waals surface area contributed by atoms with E-state index in [1.807, 2.05) is 0 Å². The molecule has 322 valence electrons. The van der Waals surface area contributed by atoms with Crippen LogP contribution in [0.3, 0.4) is 0 Å². The lowest BCUT2D eigenvalue weighted by Gasteiger charge is -2.24. The van der Waals surface area contributed by atoms with E-state index in [9.17, 15) is 0 Å². The molecule has 0 aliphatic heterocycles. The van der Waals surface area contributed by atoms with Crippen molar-refractivity contribution < 1.29 is 0 Å². The summed E-state index contributed by atoms with van der Waals surface area (Å²) in [5.41, 5.74) is 17.8. The molecule has 0 N–H and O–H groups in total. The quantitative estimate of drug-likeness (QED) is 0.151. The first-order chi connectivity index (χ1) is 34.0. The molecule has 14 rings (SSSR count). The number of hydrogen-bond acceptors (Lipinski definition) is 0. The smallest absolute Gasteiger partial charge is 0.0159 e. The zero-order valence-corrected chi connectivity index (χ0v) is 38.6. The lowest BCUT2D eigenvalue weighted by molar-refractivity contribution is 0.661. The first-order valence-electron chi connectivity index (χ1n) is 24.2. The first kappa shape index (κ1) is 39.6. The molecular weight excluding hydrogens is 829 g/mol. The average Bonchev–Trinajstić information content (AvgIpc) is 3.63. The highest BCUT2D eigenvalue weighted by atomic mass is 14.4. The molecule has 13 aromatic rings. The van der Waals surface area contributed by atoms with E-state index in [1.54, 1.807) is 0 Å². The molecule has 0 fully saturated rings. The molecule has 0 amide bonds. The summed E-state index contributed by atoms with van der Waals surface area (Å²) in [5, 5.41) is 15.2. The molecule has 0 unspecified atom stereocenters. The third-order valence-corrected chi connectivity index (χ3v) is 15.4. The van der Waals surface area contributed by atoms with Gasteiger partial charge in [0, 0.05) is 5.41 Å². The van der Waals surface area contributed by atoms with Gasteiger partial charge < -0.3 is 0 Å². The Hall–Kier alpha value is -8.58. The molecule has 0 spiro atoms. The molecular formula is C69H46. The van der Waals surface area contributed by atoms with Gasteiger partial charge >= 0.3 is 0 Å². The fraction of sp³-hybridized carbons (Fsp3) is 0.0435. The molecule has 0 nitrogen and oxygen atoms in total. The highest BCUT2D eigenvalue weighted by molar-refractivity contribution is 6.25. The van der Waals surface area contributed by atoms with Crippen molar-refractivity contribution in [1.29, 1.82) is 0 Å². The molecule has 0 saturated heterocycles. The van der Waals surface area contributed by atoms with Crippen molar-refractivity contribution in [1.82, 2.24) is 0 Å². The summed E-state index contributed by atoms with van der Waals surface area (Å²) in [4.78, 5) is 0. The summed E-state index contributed by atoms with van der Waals surface area (Å²) in [5.74, 6) is 0. The number of fused-ring (bicyclic) bond motifs is 9. The second-order valence-electron chi connectivity index (χ2n) is 19.5. The SMILES string of the molecule is CC1(C)c2cc(-c3c4ccccc4c(-c4cc5ccccc5cc4-c4ccccc4)c4ccccc34)ccc2-c2ccc(-c3c4ccccc4c(-c4cccc5ccccc45)c4ccccc34)cc21. The zero-order valence-electron chi connectivity index (χ0n) is 38.6. The summed E-state index contributed by atoms with van der Waals surface area (Å²) in [6.07, 6.45) is 0. The normalized spacial score (nSPS) is 12.9. The molecule has 0 atom stereocenters. The lowest BCUT2D eigenvalue weighted by atomic mass is 9.79. The largest absolute Gasteiger partial charge is 0.0622 e. The van der Waals surface area contributed by atoms with Gasteiger partial charge in [-0.05, 0) is 167 Å². The van der Waals surface area contributed by atoms with Gasteiger partial charge in [-0.2, -0.15) is 0 Å². The van der Waals surface area contributed by atoms with Crippen molar-refractivity contribution in [3.8, 4) is 66.8 Å². The second-order valence-corrected chi connectivity index (χ2v) is 19.5. The zero-order chi connectivity index (χ0) is 45.8. The van der Waals surface area contributed by atoms with Crippen molar-refractivity contribution in [2.75, 3.05) is 0 Å². The predicted octanol–water partition coefficient (Wildman–Crippen LogP) is 19.2. The molecule has 0 heterocycles. The highest BCUT2D eigenvalue weighted by Crippen LogP contribution is 2.54. The molecule has 1 aliphatic carbocycles. The van der Waals surface area contributed by atoms with Gasteiger partial charge in [0.25, 0.3) is 0 Å². The van der Waals surface area contributed by atoms with Gasteiger partial charge in [-0.25, -0.2) is 0 Å². The van der Waals surface area contributed by atoms with Crippen LogP contribution in [-0.4, -0.2) is 0 Å². The molecule has 0 saturated carbocycles. The topological polar surface area (TPSA) is 0 Å². The number of benzene rings is 13. The van der Waals surface area contributed by atoms with E-state index in [4.69, 9.17) is 0 Å². The van der Waals surface area contributed by atoms with E-state index in [2.05, 4.69) is 257 Å². The van der Waals surface area contributed by atoms with Gasteiger partial charge in [0.05, 0.1) is 0 Å². The van der Waals surface area contributed by atoms with Gasteiger partial charge in [-0.3, -0.25) is 0 Å². The second kappa shape index (κ2) is 15.2. The van der Waals surface area contributed by atoms with Crippen LogP contribution in [0, 0.1) is 0 Å². The molecule has 0 aromatic heterocycles. The maximum absolute atomic E-state index is 2.51. The first-order valence-corrected chi connectivity index (χ1v) is 24.2. The average molecular weight is 875 g/mol. The van der Waals surface area contributed by atoms with Crippen LogP contribution in [0.2, 0.25) is 0 Å². The number of rotatable bonds is 5. The lowest BCUT2D eigenvalue weighted by Crippen LogP contribution is -2.15. The van der Waals surface area contributed by atoms with E-state index < -0.39 is 0 Å². The van der Waals surface area contributed by atoms with Crippen LogP contribution in [0.1, 0.15) is 25.0 Å². The fourth-order valence-electron chi connectivity index (χ4n) is 12.3. The Morgan fingerprint density at radius 3 is 1.06 bits per heavy atom. The Morgan fingerprint density at radius 2 is 0.580 bits per heavy atom. The Labute approximate surface area is 402 Å². The molecule has 13 aromatic carbocycles. The third-order valence-electron chi connectivity index (χ3n) is 15.4. The minimum absolute atomic E-state index is 0.244. The van der Waals surface area contributed by atoms with Gasteiger partial charge in [0.1, 0.15) is 0 Å². The number of hydrogen-bond donors (Lipinski definition) is 0. The Balaban J connectivity index is 0.944. The van der Waals surface area contributed by atoms with Crippen LogP contribution < -0.4 is 0 Å². The van der Waals surface area contributed by atoms with Crippen molar-refractivity contribution in [3.05, 3.63) is 254 Å².